The largest absolute Gasteiger partial charge is 0.363 e. The van der Waals surface area contributed by atoms with Gasteiger partial charge < -0.3 is 14.7 Å². The highest BCUT2D eigenvalue weighted by Gasteiger charge is 2.42. The number of benzene rings is 1. The van der Waals surface area contributed by atoms with Crippen molar-refractivity contribution < 1.29 is 14.4 Å². The number of fused-ring (bicyclic) bond motifs is 1. The van der Waals surface area contributed by atoms with Crippen LogP contribution >= 0.6 is 0 Å². The molecule has 0 saturated carbocycles. The predicted molar refractivity (Wildman–Crippen MR) is 116 cm³/mol. The van der Waals surface area contributed by atoms with Gasteiger partial charge in [-0.3, -0.25) is 19.3 Å². The lowest BCUT2D eigenvalue weighted by atomic mass is 10.1. The fraction of sp³-hybridized carbons (Fsp3) is 0.409. The van der Waals surface area contributed by atoms with Crippen molar-refractivity contribution in [1.82, 2.24) is 19.8 Å². The minimum atomic E-state index is -0.852. The maximum atomic E-state index is 13.1. The Morgan fingerprint density at radius 2 is 1.58 bits per heavy atom. The molecule has 4 rings (SSSR count). The Labute approximate surface area is 181 Å². The maximum Gasteiger partial charge on any atom is 0.262 e. The number of piperazine rings is 1. The van der Waals surface area contributed by atoms with Crippen LogP contribution in [0.25, 0.3) is 0 Å². The number of hydrogen-bond acceptors (Lipinski definition) is 7. The van der Waals surface area contributed by atoms with E-state index in [4.69, 9.17) is 0 Å². The second kappa shape index (κ2) is 7.98. The van der Waals surface area contributed by atoms with Gasteiger partial charge in [-0.05, 0) is 26.0 Å². The van der Waals surface area contributed by atoms with Gasteiger partial charge in [-0.2, -0.15) is 4.98 Å². The van der Waals surface area contributed by atoms with Crippen molar-refractivity contribution in [2.45, 2.75) is 19.9 Å². The molecule has 0 radical (unpaired) electrons. The van der Waals surface area contributed by atoms with E-state index in [1.807, 2.05) is 32.0 Å². The molecule has 2 aromatic rings. The molecule has 0 bridgehead atoms. The molecule has 1 fully saturated rings. The van der Waals surface area contributed by atoms with Gasteiger partial charge in [0.1, 0.15) is 11.9 Å². The van der Waals surface area contributed by atoms with Gasteiger partial charge in [0.05, 0.1) is 11.1 Å². The fourth-order valence-corrected chi connectivity index (χ4v) is 3.97. The van der Waals surface area contributed by atoms with Gasteiger partial charge in [0, 0.05) is 52.0 Å². The Morgan fingerprint density at radius 3 is 2.13 bits per heavy atom. The van der Waals surface area contributed by atoms with E-state index in [1.165, 1.54) is 0 Å². The third-order valence-corrected chi connectivity index (χ3v) is 5.73. The number of rotatable bonds is 4. The van der Waals surface area contributed by atoms with E-state index in [-0.39, 0.29) is 5.91 Å². The fourth-order valence-electron chi connectivity index (χ4n) is 3.97. The molecule has 0 N–H and O–H groups in total. The molecule has 31 heavy (non-hydrogen) atoms. The summed E-state index contributed by atoms with van der Waals surface area (Å²) in [5, 5.41) is 0. The molecule has 9 nitrogen and oxygen atoms in total. The number of aryl methyl sites for hydroxylation is 1. The number of carbonyl (C=O) groups excluding carboxylic acids is 3. The molecule has 1 atom stereocenters. The predicted octanol–water partition coefficient (Wildman–Crippen LogP) is 1.18. The third kappa shape index (κ3) is 3.71. The third-order valence-electron chi connectivity index (χ3n) is 5.73. The van der Waals surface area contributed by atoms with Gasteiger partial charge in [-0.25, -0.2) is 4.98 Å². The van der Waals surface area contributed by atoms with Crippen molar-refractivity contribution in [3.8, 4) is 0 Å². The second-order valence-corrected chi connectivity index (χ2v) is 8.08. The summed E-state index contributed by atoms with van der Waals surface area (Å²) >= 11 is 0. The summed E-state index contributed by atoms with van der Waals surface area (Å²) < 4.78 is 0. The molecule has 162 valence electrons. The van der Waals surface area contributed by atoms with E-state index in [0.717, 1.165) is 16.4 Å². The summed E-state index contributed by atoms with van der Waals surface area (Å²) in [5.74, 6) is 0.423. The number of carbonyl (C=O) groups is 3. The minimum Gasteiger partial charge on any atom is -0.363 e. The number of anilines is 2. The minimum absolute atomic E-state index is 0.228. The standard InChI is InChI=1S/C22H26N6O3/c1-14-13-18(25(3)4)24-22(23-14)27-11-9-26(10-12-27)19(29)15(2)28-20(30)16-7-5-6-8-17(16)21(28)31/h5-8,13,15H,9-12H2,1-4H3. The summed E-state index contributed by atoms with van der Waals surface area (Å²) in [6.07, 6.45) is 0. The average Bonchev–Trinajstić information content (AvgIpc) is 3.02. The van der Waals surface area contributed by atoms with E-state index < -0.39 is 17.9 Å². The Morgan fingerprint density at radius 1 is 1.00 bits per heavy atom. The van der Waals surface area contributed by atoms with E-state index in [1.54, 1.807) is 36.1 Å². The Hall–Kier alpha value is -3.49. The summed E-state index contributed by atoms with van der Waals surface area (Å²) in [6, 6.07) is 7.75. The van der Waals surface area contributed by atoms with Crippen LogP contribution in [0, 0.1) is 6.92 Å². The average molecular weight is 422 g/mol. The van der Waals surface area contributed by atoms with Gasteiger partial charge in [-0.15, -0.1) is 0 Å². The van der Waals surface area contributed by atoms with Crippen LogP contribution in [0.15, 0.2) is 30.3 Å². The van der Waals surface area contributed by atoms with Gasteiger partial charge >= 0.3 is 0 Å². The number of imide groups is 1. The molecule has 2 aliphatic rings. The lowest BCUT2D eigenvalue weighted by molar-refractivity contribution is -0.135. The van der Waals surface area contributed by atoms with Crippen LogP contribution in [0.4, 0.5) is 11.8 Å². The van der Waals surface area contributed by atoms with Crippen molar-refractivity contribution in [3.63, 3.8) is 0 Å². The van der Waals surface area contributed by atoms with E-state index in [9.17, 15) is 14.4 Å². The molecule has 2 aliphatic heterocycles. The van der Waals surface area contributed by atoms with Crippen LogP contribution in [0.5, 0.6) is 0 Å². The molecule has 1 unspecified atom stereocenters. The first-order chi connectivity index (χ1) is 14.8. The zero-order valence-electron chi connectivity index (χ0n) is 18.2. The van der Waals surface area contributed by atoms with Crippen LogP contribution in [0.1, 0.15) is 33.3 Å². The smallest absolute Gasteiger partial charge is 0.262 e. The highest BCUT2D eigenvalue weighted by atomic mass is 16.2. The molecule has 1 aromatic carbocycles. The maximum absolute atomic E-state index is 13.1. The second-order valence-electron chi connectivity index (χ2n) is 8.08. The van der Waals surface area contributed by atoms with E-state index in [0.29, 0.717) is 43.3 Å². The van der Waals surface area contributed by atoms with Crippen LogP contribution in [0.2, 0.25) is 0 Å². The highest BCUT2D eigenvalue weighted by molar-refractivity contribution is 6.22. The van der Waals surface area contributed by atoms with Gasteiger partial charge in [0.25, 0.3) is 11.8 Å². The topological polar surface area (TPSA) is 90.0 Å². The summed E-state index contributed by atoms with van der Waals surface area (Å²) in [5.41, 5.74) is 1.59. The van der Waals surface area contributed by atoms with Gasteiger partial charge in [0.2, 0.25) is 11.9 Å². The molecule has 1 aromatic heterocycles. The monoisotopic (exact) mass is 422 g/mol. The van der Waals surface area contributed by atoms with Crippen molar-refractivity contribution in [2.24, 2.45) is 0 Å². The number of hydrogen-bond donors (Lipinski definition) is 0. The van der Waals surface area contributed by atoms with Crippen LogP contribution < -0.4 is 9.80 Å². The van der Waals surface area contributed by atoms with Crippen LogP contribution in [-0.2, 0) is 4.79 Å². The molecule has 3 amide bonds. The number of aromatic nitrogens is 2. The van der Waals surface area contributed by atoms with Crippen molar-refractivity contribution in [2.75, 3.05) is 50.1 Å². The SMILES string of the molecule is Cc1cc(N(C)C)nc(N2CCN(C(=O)C(C)N3C(=O)c4ccccc4C3=O)CC2)n1. The Kier molecular flexibility index (Phi) is 5.34. The molecule has 0 aliphatic carbocycles. The molecule has 1 saturated heterocycles. The first-order valence-corrected chi connectivity index (χ1v) is 10.3. The first-order valence-electron chi connectivity index (χ1n) is 10.3. The van der Waals surface area contributed by atoms with Crippen LogP contribution in [0.3, 0.4) is 0 Å². The normalized spacial score (nSPS) is 17.1. The molecular formula is C22H26N6O3. The molecule has 0 spiro atoms. The highest BCUT2D eigenvalue weighted by Crippen LogP contribution is 2.25. The summed E-state index contributed by atoms with van der Waals surface area (Å²) in [6.45, 7) is 5.65. The van der Waals surface area contributed by atoms with E-state index in [2.05, 4.69) is 14.9 Å². The molecule has 3 heterocycles. The Bertz CT molecular complexity index is 1010. The Balaban J connectivity index is 1.43. The number of amides is 3. The lowest BCUT2D eigenvalue weighted by Gasteiger charge is -2.37. The lowest BCUT2D eigenvalue weighted by Crippen LogP contribution is -2.55. The summed E-state index contributed by atoms with van der Waals surface area (Å²) in [4.78, 5) is 54.4. The van der Waals surface area contributed by atoms with Crippen molar-refractivity contribution >= 4 is 29.5 Å². The zero-order chi connectivity index (χ0) is 22.3. The van der Waals surface area contributed by atoms with Crippen LogP contribution in [-0.4, -0.2) is 83.8 Å². The first kappa shape index (κ1) is 20.8. The van der Waals surface area contributed by atoms with Gasteiger partial charge in [0.15, 0.2) is 0 Å². The molecular weight excluding hydrogens is 396 g/mol. The van der Waals surface area contributed by atoms with Crippen molar-refractivity contribution in [3.05, 3.63) is 47.2 Å². The zero-order valence-corrected chi connectivity index (χ0v) is 18.2. The van der Waals surface area contributed by atoms with Gasteiger partial charge in [-0.1, -0.05) is 12.1 Å². The number of nitrogens with zero attached hydrogens (tertiary/aromatic N) is 6. The van der Waals surface area contributed by atoms with E-state index >= 15 is 0 Å². The van der Waals surface area contributed by atoms with Crippen molar-refractivity contribution in [1.29, 1.82) is 0 Å². The molecule has 9 heteroatoms. The quantitative estimate of drug-likeness (QED) is 0.684. The summed E-state index contributed by atoms with van der Waals surface area (Å²) in [7, 11) is 3.87.